The van der Waals surface area contributed by atoms with Crippen molar-refractivity contribution in [2.75, 3.05) is 20.1 Å². The van der Waals surface area contributed by atoms with E-state index in [0.29, 0.717) is 12.1 Å². The van der Waals surface area contributed by atoms with Gasteiger partial charge in [0.2, 0.25) is 5.91 Å². The maximum Gasteiger partial charge on any atom is 0.246 e. The van der Waals surface area contributed by atoms with Crippen molar-refractivity contribution in [2.45, 2.75) is 32.9 Å². The lowest BCUT2D eigenvalue weighted by Crippen LogP contribution is -2.56. The van der Waals surface area contributed by atoms with Crippen LogP contribution in [0.3, 0.4) is 0 Å². The van der Waals surface area contributed by atoms with Crippen LogP contribution in [0.2, 0.25) is 0 Å². The topological polar surface area (TPSA) is 23.6 Å². The van der Waals surface area contributed by atoms with Crippen LogP contribution in [0.4, 0.5) is 0 Å². The molecule has 0 aromatic rings. The van der Waals surface area contributed by atoms with E-state index in [-0.39, 0.29) is 5.91 Å². The van der Waals surface area contributed by atoms with Crippen molar-refractivity contribution >= 4 is 5.91 Å². The zero-order valence-corrected chi connectivity index (χ0v) is 10.7. The first-order valence-corrected chi connectivity index (χ1v) is 5.86. The number of amides is 1. The summed E-state index contributed by atoms with van der Waals surface area (Å²) in [6.45, 7) is 7.96. The molecule has 0 aromatic carbocycles. The first-order valence-electron chi connectivity index (χ1n) is 5.86. The number of likely N-dealkylation sites (N-methyl/N-ethyl adjacent to an activating group) is 1. The molecule has 1 heterocycles. The van der Waals surface area contributed by atoms with Crippen LogP contribution in [0.25, 0.3) is 0 Å². The van der Waals surface area contributed by atoms with Gasteiger partial charge in [0, 0.05) is 31.2 Å². The van der Waals surface area contributed by atoms with Gasteiger partial charge in [-0.3, -0.25) is 9.69 Å². The van der Waals surface area contributed by atoms with E-state index in [0.717, 1.165) is 13.1 Å². The van der Waals surface area contributed by atoms with E-state index in [2.05, 4.69) is 25.8 Å². The zero-order chi connectivity index (χ0) is 12.1. The maximum absolute atomic E-state index is 11.9. The molecule has 1 aliphatic heterocycles. The number of hydrogen-bond donors (Lipinski definition) is 0. The van der Waals surface area contributed by atoms with Gasteiger partial charge in [-0.1, -0.05) is 18.2 Å². The second-order valence-electron chi connectivity index (χ2n) is 4.51. The van der Waals surface area contributed by atoms with Crippen molar-refractivity contribution in [3.05, 3.63) is 24.3 Å². The smallest absolute Gasteiger partial charge is 0.246 e. The molecule has 90 valence electrons. The Morgan fingerprint density at radius 3 is 2.50 bits per heavy atom. The summed E-state index contributed by atoms with van der Waals surface area (Å²) in [5.74, 6) is 0.116. The first-order chi connectivity index (χ1) is 7.56. The van der Waals surface area contributed by atoms with Crippen molar-refractivity contribution in [2.24, 2.45) is 0 Å². The molecule has 1 saturated heterocycles. The Kier molecular flexibility index (Phi) is 4.74. The third-order valence-corrected chi connectivity index (χ3v) is 3.12. The van der Waals surface area contributed by atoms with Gasteiger partial charge in [-0.05, 0) is 27.8 Å². The maximum atomic E-state index is 11.9. The van der Waals surface area contributed by atoms with Crippen LogP contribution in [-0.2, 0) is 4.79 Å². The van der Waals surface area contributed by atoms with Gasteiger partial charge in [-0.2, -0.15) is 0 Å². The highest BCUT2D eigenvalue weighted by Gasteiger charge is 2.28. The monoisotopic (exact) mass is 222 g/mol. The van der Waals surface area contributed by atoms with Crippen LogP contribution in [0, 0.1) is 0 Å². The minimum Gasteiger partial charge on any atom is -0.334 e. The molecule has 1 rings (SSSR count). The van der Waals surface area contributed by atoms with Gasteiger partial charge in [-0.15, -0.1) is 0 Å². The molecular formula is C13H22N2O. The van der Waals surface area contributed by atoms with E-state index >= 15 is 0 Å². The SMILES string of the molecule is C/C=C/C=C/C(=O)N1CC(C)N(C)CC1C. The average molecular weight is 222 g/mol. The molecule has 16 heavy (non-hydrogen) atoms. The lowest BCUT2D eigenvalue weighted by atomic mass is 10.1. The Bertz CT molecular complexity index is 296. The molecule has 0 saturated carbocycles. The third kappa shape index (κ3) is 3.20. The van der Waals surface area contributed by atoms with Gasteiger partial charge in [-0.25, -0.2) is 0 Å². The van der Waals surface area contributed by atoms with E-state index in [4.69, 9.17) is 0 Å². The summed E-state index contributed by atoms with van der Waals surface area (Å²) in [4.78, 5) is 16.2. The molecule has 0 bridgehead atoms. The second kappa shape index (κ2) is 5.85. The Morgan fingerprint density at radius 2 is 1.88 bits per heavy atom. The fourth-order valence-electron chi connectivity index (χ4n) is 1.95. The summed E-state index contributed by atoms with van der Waals surface area (Å²) in [5.41, 5.74) is 0. The van der Waals surface area contributed by atoms with Crippen molar-refractivity contribution < 1.29 is 4.79 Å². The number of rotatable bonds is 2. The molecule has 1 amide bonds. The fourth-order valence-corrected chi connectivity index (χ4v) is 1.95. The predicted molar refractivity (Wildman–Crippen MR) is 67.2 cm³/mol. The minimum absolute atomic E-state index is 0.116. The van der Waals surface area contributed by atoms with Crippen molar-refractivity contribution in [3.63, 3.8) is 0 Å². The largest absolute Gasteiger partial charge is 0.334 e. The van der Waals surface area contributed by atoms with Crippen LogP contribution in [0.15, 0.2) is 24.3 Å². The fraction of sp³-hybridized carbons (Fsp3) is 0.615. The van der Waals surface area contributed by atoms with Gasteiger partial charge in [0.1, 0.15) is 0 Å². The molecule has 0 spiro atoms. The Hall–Kier alpha value is -1.09. The van der Waals surface area contributed by atoms with E-state index in [1.807, 2.05) is 24.0 Å². The molecule has 1 fully saturated rings. The van der Waals surface area contributed by atoms with Crippen molar-refractivity contribution in [1.82, 2.24) is 9.80 Å². The number of carbonyl (C=O) groups is 1. The lowest BCUT2D eigenvalue weighted by molar-refractivity contribution is -0.131. The van der Waals surface area contributed by atoms with Crippen LogP contribution in [0.1, 0.15) is 20.8 Å². The Morgan fingerprint density at radius 1 is 1.19 bits per heavy atom. The highest BCUT2D eigenvalue weighted by Crippen LogP contribution is 2.13. The molecule has 0 N–H and O–H groups in total. The molecule has 2 unspecified atom stereocenters. The first kappa shape index (κ1) is 13.0. The van der Waals surface area contributed by atoms with Crippen LogP contribution in [-0.4, -0.2) is 47.9 Å². The van der Waals surface area contributed by atoms with Crippen LogP contribution < -0.4 is 0 Å². The molecular weight excluding hydrogens is 200 g/mol. The summed E-state index contributed by atoms with van der Waals surface area (Å²) >= 11 is 0. The van der Waals surface area contributed by atoms with Gasteiger partial charge in [0.15, 0.2) is 0 Å². The van der Waals surface area contributed by atoms with Crippen LogP contribution >= 0.6 is 0 Å². The van der Waals surface area contributed by atoms with E-state index < -0.39 is 0 Å². The average Bonchev–Trinajstić information content (AvgIpc) is 2.23. The Balaban J connectivity index is 2.62. The summed E-state index contributed by atoms with van der Waals surface area (Å²) in [5, 5.41) is 0. The zero-order valence-electron chi connectivity index (χ0n) is 10.7. The predicted octanol–water partition coefficient (Wildman–Crippen LogP) is 1.67. The molecule has 0 aromatic heterocycles. The highest BCUT2D eigenvalue weighted by atomic mass is 16.2. The summed E-state index contributed by atoms with van der Waals surface area (Å²) in [7, 11) is 2.11. The molecule has 3 heteroatoms. The lowest BCUT2D eigenvalue weighted by Gasteiger charge is -2.42. The van der Waals surface area contributed by atoms with Gasteiger partial charge in [0.25, 0.3) is 0 Å². The van der Waals surface area contributed by atoms with E-state index in [1.165, 1.54) is 0 Å². The van der Waals surface area contributed by atoms with E-state index in [9.17, 15) is 4.79 Å². The van der Waals surface area contributed by atoms with Crippen LogP contribution in [0.5, 0.6) is 0 Å². The Labute approximate surface area is 98.4 Å². The number of carbonyl (C=O) groups excluding carboxylic acids is 1. The molecule has 0 radical (unpaired) electrons. The molecule has 0 aliphatic carbocycles. The van der Waals surface area contributed by atoms with E-state index in [1.54, 1.807) is 12.2 Å². The number of nitrogens with zero attached hydrogens (tertiary/aromatic N) is 2. The van der Waals surface area contributed by atoms with Gasteiger partial charge in [0.05, 0.1) is 0 Å². The quantitative estimate of drug-likeness (QED) is 0.524. The molecule has 2 atom stereocenters. The summed E-state index contributed by atoms with van der Waals surface area (Å²) < 4.78 is 0. The molecule has 3 nitrogen and oxygen atoms in total. The van der Waals surface area contributed by atoms with Gasteiger partial charge >= 0.3 is 0 Å². The normalized spacial score (nSPS) is 28.1. The van der Waals surface area contributed by atoms with Crippen molar-refractivity contribution in [3.8, 4) is 0 Å². The highest BCUT2D eigenvalue weighted by molar-refractivity contribution is 5.88. The number of allylic oxidation sites excluding steroid dienone is 3. The third-order valence-electron chi connectivity index (χ3n) is 3.12. The van der Waals surface area contributed by atoms with Gasteiger partial charge < -0.3 is 4.90 Å². The molecule has 1 aliphatic rings. The standard InChI is InChI=1S/C13H22N2O/c1-5-6-7-8-13(16)15-10-11(2)14(4)9-12(15)3/h5-8,11-12H,9-10H2,1-4H3/b6-5+,8-7+. The number of piperazine rings is 1. The summed E-state index contributed by atoms with van der Waals surface area (Å²) in [6, 6.07) is 0.735. The summed E-state index contributed by atoms with van der Waals surface area (Å²) in [6.07, 6.45) is 7.24. The van der Waals surface area contributed by atoms with Crippen molar-refractivity contribution in [1.29, 1.82) is 0 Å². The minimum atomic E-state index is 0.116. The second-order valence-corrected chi connectivity index (χ2v) is 4.51. The number of hydrogen-bond acceptors (Lipinski definition) is 2.